The third kappa shape index (κ3) is 5.06. The maximum absolute atomic E-state index is 6.26. The van der Waals surface area contributed by atoms with Gasteiger partial charge in [-0.2, -0.15) is 10.2 Å². The van der Waals surface area contributed by atoms with E-state index in [9.17, 15) is 0 Å². The number of hydrogen-bond donors (Lipinski definition) is 0. The summed E-state index contributed by atoms with van der Waals surface area (Å²) in [6.07, 6.45) is 3.72. The number of nitrogens with zero attached hydrogens (tertiary/aromatic N) is 4. The number of furan rings is 1. The SMILES string of the molecule is CC/C(=N\N(Cc1cccs1)c1ccccc1)c1cc2cc(/C=N/N3CCc4ccccc43)ccc2o1. The maximum Gasteiger partial charge on any atom is 0.151 e. The van der Waals surface area contributed by atoms with Crippen LogP contribution in [0.15, 0.2) is 111 Å². The van der Waals surface area contributed by atoms with Gasteiger partial charge in [0, 0.05) is 16.8 Å². The van der Waals surface area contributed by atoms with Crippen LogP contribution in [0.3, 0.4) is 0 Å². The Morgan fingerprint density at radius 3 is 2.70 bits per heavy atom. The molecule has 0 saturated heterocycles. The van der Waals surface area contributed by atoms with Gasteiger partial charge in [0.25, 0.3) is 0 Å². The molecule has 5 nitrogen and oxygen atoms in total. The summed E-state index contributed by atoms with van der Waals surface area (Å²) in [4.78, 5) is 1.26. The minimum absolute atomic E-state index is 0.714. The molecule has 5 aromatic rings. The van der Waals surface area contributed by atoms with Gasteiger partial charge in [0.1, 0.15) is 11.3 Å². The lowest BCUT2D eigenvalue weighted by Gasteiger charge is -2.20. The lowest BCUT2D eigenvalue weighted by atomic mass is 10.1. The van der Waals surface area contributed by atoms with E-state index in [0.717, 1.165) is 53.1 Å². The van der Waals surface area contributed by atoms with Gasteiger partial charge in [0.05, 0.1) is 24.1 Å². The molecule has 2 aromatic heterocycles. The van der Waals surface area contributed by atoms with Crippen LogP contribution in [0.4, 0.5) is 11.4 Å². The van der Waals surface area contributed by atoms with Crippen LogP contribution in [0.2, 0.25) is 0 Å². The van der Waals surface area contributed by atoms with E-state index in [4.69, 9.17) is 14.6 Å². The fraction of sp³-hybridized carbons (Fsp3) is 0.161. The summed E-state index contributed by atoms with van der Waals surface area (Å²) in [6.45, 7) is 3.74. The predicted molar refractivity (Wildman–Crippen MR) is 155 cm³/mol. The quantitative estimate of drug-likeness (QED) is 0.161. The molecule has 3 aromatic carbocycles. The van der Waals surface area contributed by atoms with E-state index in [1.54, 1.807) is 11.3 Å². The van der Waals surface area contributed by atoms with Crippen LogP contribution < -0.4 is 10.0 Å². The van der Waals surface area contributed by atoms with Gasteiger partial charge >= 0.3 is 0 Å². The van der Waals surface area contributed by atoms with Gasteiger partial charge < -0.3 is 4.42 Å². The van der Waals surface area contributed by atoms with Crippen molar-refractivity contribution in [3.8, 4) is 0 Å². The highest BCUT2D eigenvalue weighted by molar-refractivity contribution is 7.09. The Balaban J connectivity index is 1.27. The van der Waals surface area contributed by atoms with Crippen molar-refractivity contribution in [1.29, 1.82) is 0 Å². The van der Waals surface area contributed by atoms with Gasteiger partial charge in [-0.05, 0) is 77.9 Å². The molecule has 0 amide bonds. The maximum atomic E-state index is 6.26. The summed E-state index contributed by atoms with van der Waals surface area (Å²) < 4.78 is 6.26. The van der Waals surface area contributed by atoms with Gasteiger partial charge in [-0.1, -0.05) is 49.4 Å². The average Bonchev–Trinajstić information content (AvgIpc) is 3.70. The minimum atomic E-state index is 0.714. The molecule has 6 rings (SSSR count). The van der Waals surface area contributed by atoms with E-state index in [-0.39, 0.29) is 0 Å². The molecule has 1 aliphatic heterocycles. The molecule has 0 fully saturated rings. The smallest absolute Gasteiger partial charge is 0.151 e. The number of thiophene rings is 1. The molecular formula is C31H28N4OS. The lowest BCUT2D eigenvalue weighted by Crippen LogP contribution is -2.18. The molecule has 0 spiro atoms. The normalized spacial score (nSPS) is 13.5. The van der Waals surface area contributed by atoms with E-state index >= 15 is 0 Å². The molecule has 3 heterocycles. The first kappa shape index (κ1) is 23.3. The Hall–Kier alpha value is -4.16. The zero-order valence-corrected chi connectivity index (χ0v) is 21.6. The third-order valence-electron chi connectivity index (χ3n) is 6.55. The highest BCUT2D eigenvalue weighted by Gasteiger charge is 2.17. The Morgan fingerprint density at radius 1 is 1.00 bits per heavy atom. The fourth-order valence-corrected chi connectivity index (χ4v) is 5.32. The van der Waals surface area contributed by atoms with Crippen molar-refractivity contribution in [2.24, 2.45) is 10.2 Å². The Labute approximate surface area is 221 Å². The molecule has 6 heteroatoms. The largest absolute Gasteiger partial charge is 0.455 e. The first-order valence-electron chi connectivity index (χ1n) is 12.6. The molecule has 184 valence electrons. The third-order valence-corrected chi connectivity index (χ3v) is 7.41. The number of hydrogen-bond acceptors (Lipinski definition) is 6. The molecule has 0 saturated carbocycles. The number of hydrazone groups is 2. The Morgan fingerprint density at radius 2 is 1.86 bits per heavy atom. The molecule has 1 aliphatic rings. The van der Waals surface area contributed by atoms with E-state index < -0.39 is 0 Å². The average molecular weight is 505 g/mol. The highest BCUT2D eigenvalue weighted by Crippen LogP contribution is 2.28. The number of rotatable bonds is 8. The van der Waals surface area contributed by atoms with E-state index in [2.05, 4.69) is 89.1 Å². The second-order valence-corrected chi connectivity index (χ2v) is 10.1. The molecule has 37 heavy (non-hydrogen) atoms. The van der Waals surface area contributed by atoms with Gasteiger partial charge in [0.2, 0.25) is 0 Å². The number of benzene rings is 3. The van der Waals surface area contributed by atoms with Crippen molar-refractivity contribution in [3.63, 3.8) is 0 Å². The molecular weight excluding hydrogens is 476 g/mol. The fourth-order valence-electron chi connectivity index (χ4n) is 4.64. The summed E-state index contributed by atoms with van der Waals surface area (Å²) in [5.41, 5.74) is 6.41. The molecule has 0 atom stereocenters. The zero-order valence-electron chi connectivity index (χ0n) is 20.7. The van der Waals surface area contributed by atoms with Crippen LogP contribution >= 0.6 is 11.3 Å². The van der Waals surface area contributed by atoms with Crippen LogP contribution in [-0.4, -0.2) is 18.5 Å². The second kappa shape index (κ2) is 10.4. The number of para-hydroxylation sites is 2. The van der Waals surface area contributed by atoms with E-state index in [0.29, 0.717) is 6.54 Å². The van der Waals surface area contributed by atoms with Crippen molar-refractivity contribution >= 4 is 45.6 Å². The summed E-state index contributed by atoms with van der Waals surface area (Å²) in [6, 6.07) is 31.3. The van der Waals surface area contributed by atoms with Crippen LogP contribution in [0.25, 0.3) is 11.0 Å². The van der Waals surface area contributed by atoms with Crippen LogP contribution in [0.5, 0.6) is 0 Å². The van der Waals surface area contributed by atoms with Gasteiger partial charge in [-0.3, -0.25) is 10.0 Å². The van der Waals surface area contributed by atoms with Crippen molar-refractivity contribution < 1.29 is 4.42 Å². The van der Waals surface area contributed by atoms with E-state index in [1.165, 1.54) is 16.1 Å². The summed E-state index contributed by atoms with van der Waals surface area (Å²) in [7, 11) is 0. The lowest BCUT2D eigenvalue weighted by molar-refractivity contribution is 0.601. The minimum Gasteiger partial charge on any atom is -0.455 e. The zero-order chi connectivity index (χ0) is 25.0. The van der Waals surface area contributed by atoms with Crippen molar-refractivity contribution in [2.45, 2.75) is 26.3 Å². The Kier molecular flexibility index (Phi) is 6.57. The van der Waals surface area contributed by atoms with E-state index in [1.807, 2.05) is 30.5 Å². The summed E-state index contributed by atoms with van der Waals surface area (Å²) in [5, 5.41) is 17.1. The number of anilines is 2. The highest BCUT2D eigenvalue weighted by atomic mass is 32.1. The van der Waals surface area contributed by atoms with Gasteiger partial charge in [-0.25, -0.2) is 0 Å². The van der Waals surface area contributed by atoms with Crippen molar-refractivity contribution in [2.75, 3.05) is 16.6 Å². The monoisotopic (exact) mass is 504 g/mol. The van der Waals surface area contributed by atoms with Crippen molar-refractivity contribution in [1.82, 2.24) is 0 Å². The van der Waals surface area contributed by atoms with Crippen LogP contribution in [0.1, 0.15) is 35.1 Å². The first-order chi connectivity index (χ1) is 18.3. The van der Waals surface area contributed by atoms with Gasteiger partial charge in [0.15, 0.2) is 5.76 Å². The topological polar surface area (TPSA) is 44.3 Å². The molecule has 0 N–H and O–H groups in total. The second-order valence-electron chi connectivity index (χ2n) is 9.03. The predicted octanol–water partition coefficient (Wildman–Crippen LogP) is 7.71. The van der Waals surface area contributed by atoms with Gasteiger partial charge in [-0.15, -0.1) is 11.3 Å². The van der Waals surface area contributed by atoms with Crippen molar-refractivity contribution in [3.05, 3.63) is 118 Å². The summed E-state index contributed by atoms with van der Waals surface area (Å²) in [5.74, 6) is 0.798. The molecule has 0 bridgehead atoms. The molecule has 0 aliphatic carbocycles. The molecule has 0 radical (unpaired) electrons. The first-order valence-corrected chi connectivity index (χ1v) is 13.5. The van der Waals surface area contributed by atoms with Crippen LogP contribution in [-0.2, 0) is 13.0 Å². The molecule has 0 unspecified atom stereocenters. The van der Waals surface area contributed by atoms with Crippen LogP contribution in [0, 0.1) is 0 Å². The Bertz CT molecular complexity index is 1550. The standard InChI is InChI=1S/C31H28N4OS/c1-2-28(33-35(22-27-12-8-18-37-27)26-10-4-3-5-11-26)31-20-25-19-23(14-15-30(25)36-31)21-32-34-17-16-24-9-6-7-13-29(24)34/h3-15,18-21H,2,16-17,22H2,1H3/b32-21+,33-28+. The summed E-state index contributed by atoms with van der Waals surface area (Å²) >= 11 is 1.74. The number of fused-ring (bicyclic) bond motifs is 2.